The highest BCUT2D eigenvalue weighted by atomic mass is 32.2. The third kappa shape index (κ3) is 4.18. The first kappa shape index (κ1) is 20.7. The Bertz CT molecular complexity index is 884. The number of nitrogens with zero attached hydrogens (tertiary/aromatic N) is 3. The van der Waals surface area contributed by atoms with Gasteiger partial charge < -0.3 is 15.0 Å². The number of fused-ring (bicyclic) bond motifs is 2. The number of halogens is 3. The highest BCUT2D eigenvalue weighted by Gasteiger charge is 2.38. The Kier molecular flexibility index (Phi) is 5.65. The zero-order chi connectivity index (χ0) is 20.6. The SMILES string of the molecule is CN1CCN(CCC[N+]2([O-])c3ccccc3Sc3ccc(C(F)(F)F)cc32)CC1. The van der Waals surface area contributed by atoms with Gasteiger partial charge in [-0.25, -0.2) is 0 Å². The van der Waals surface area contributed by atoms with E-state index < -0.39 is 16.4 Å². The number of hydroxylamine groups is 1. The molecule has 4 rings (SSSR count). The fourth-order valence-electron chi connectivity index (χ4n) is 3.98. The normalized spacial score (nSPS) is 22.9. The molecule has 0 radical (unpaired) electrons. The average molecular weight is 424 g/mol. The first-order chi connectivity index (χ1) is 13.8. The predicted molar refractivity (Wildman–Crippen MR) is 110 cm³/mol. The van der Waals surface area contributed by atoms with Crippen molar-refractivity contribution in [2.45, 2.75) is 22.4 Å². The van der Waals surface area contributed by atoms with Crippen LogP contribution in [-0.4, -0.2) is 56.1 Å². The van der Waals surface area contributed by atoms with Crippen LogP contribution in [0.5, 0.6) is 0 Å². The lowest BCUT2D eigenvalue weighted by Gasteiger charge is -2.46. The first-order valence-corrected chi connectivity index (χ1v) is 10.6. The molecule has 1 unspecified atom stereocenters. The van der Waals surface area contributed by atoms with Crippen LogP contribution in [0.3, 0.4) is 0 Å². The number of piperazine rings is 1. The molecule has 1 fully saturated rings. The molecule has 1 saturated heterocycles. The summed E-state index contributed by atoms with van der Waals surface area (Å²) in [6.07, 6.45) is -3.84. The van der Waals surface area contributed by atoms with Gasteiger partial charge in [0, 0.05) is 51.3 Å². The Morgan fingerprint density at radius 3 is 2.41 bits per heavy atom. The maximum atomic E-state index is 14.1. The fraction of sp³-hybridized carbons (Fsp3) is 0.429. The molecule has 2 aromatic rings. The van der Waals surface area contributed by atoms with Gasteiger partial charge in [0.15, 0.2) is 11.4 Å². The van der Waals surface area contributed by atoms with Crippen LogP contribution in [0.1, 0.15) is 12.0 Å². The number of para-hydroxylation sites is 1. The van der Waals surface area contributed by atoms with E-state index in [0.29, 0.717) is 17.0 Å². The van der Waals surface area contributed by atoms with Crippen LogP contribution < -0.4 is 4.65 Å². The topological polar surface area (TPSA) is 29.5 Å². The van der Waals surface area contributed by atoms with Crippen molar-refractivity contribution in [3.8, 4) is 0 Å². The van der Waals surface area contributed by atoms with Gasteiger partial charge in [-0.2, -0.15) is 13.2 Å². The van der Waals surface area contributed by atoms with Crippen LogP contribution in [0, 0.1) is 5.21 Å². The van der Waals surface area contributed by atoms with E-state index >= 15 is 0 Å². The number of likely N-dealkylation sites (N-methyl/N-ethyl adjacent to an activating group) is 1. The Morgan fingerprint density at radius 2 is 1.69 bits per heavy atom. The van der Waals surface area contributed by atoms with E-state index in [1.807, 2.05) is 12.1 Å². The highest BCUT2D eigenvalue weighted by molar-refractivity contribution is 7.99. The molecule has 2 heterocycles. The summed E-state index contributed by atoms with van der Waals surface area (Å²) in [4.78, 5) is 6.01. The summed E-state index contributed by atoms with van der Waals surface area (Å²) in [5, 5.41) is 14.1. The van der Waals surface area contributed by atoms with Crippen molar-refractivity contribution in [3.63, 3.8) is 0 Å². The minimum atomic E-state index is -4.47. The summed E-state index contributed by atoms with van der Waals surface area (Å²) in [6.45, 7) is 4.90. The fourth-order valence-corrected chi connectivity index (χ4v) is 5.13. The van der Waals surface area contributed by atoms with Gasteiger partial charge in [-0.05, 0) is 25.2 Å². The van der Waals surface area contributed by atoms with Gasteiger partial charge in [0.2, 0.25) is 0 Å². The van der Waals surface area contributed by atoms with E-state index in [0.717, 1.165) is 49.8 Å². The minimum Gasteiger partial charge on any atom is -0.622 e. The lowest BCUT2D eigenvalue weighted by Crippen LogP contribution is -2.46. The van der Waals surface area contributed by atoms with Crippen LogP contribution in [0.2, 0.25) is 0 Å². The van der Waals surface area contributed by atoms with Gasteiger partial charge in [-0.15, -0.1) is 0 Å². The summed E-state index contributed by atoms with van der Waals surface area (Å²) < 4.78 is 39.1. The first-order valence-electron chi connectivity index (χ1n) is 9.76. The number of quaternary nitrogens is 1. The Balaban J connectivity index is 1.62. The standard InChI is InChI=1S/C21H24F3N3OS/c1-25-10-12-26(13-11-25)9-4-14-27(28)17-5-2-3-6-19(17)29-20-8-7-16(15-18(20)27)21(22,23)24/h2-3,5-8,15H,4,9-14H2,1H3. The highest BCUT2D eigenvalue weighted by Crippen LogP contribution is 2.53. The van der Waals surface area contributed by atoms with E-state index in [2.05, 4.69) is 16.8 Å². The zero-order valence-electron chi connectivity index (χ0n) is 16.3. The average Bonchev–Trinajstić information content (AvgIpc) is 2.69. The molecule has 2 aliphatic rings. The van der Waals surface area contributed by atoms with E-state index in [9.17, 15) is 18.4 Å². The summed E-state index contributed by atoms with van der Waals surface area (Å²) >= 11 is 1.37. The quantitative estimate of drug-likeness (QED) is 0.514. The number of rotatable bonds is 4. The van der Waals surface area contributed by atoms with Crippen molar-refractivity contribution in [1.29, 1.82) is 0 Å². The summed E-state index contributed by atoms with van der Waals surface area (Å²) in [7, 11) is 2.09. The summed E-state index contributed by atoms with van der Waals surface area (Å²) in [5.74, 6) is 0. The molecule has 0 saturated carbocycles. The number of hydrogen-bond acceptors (Lipinski definition) is 4. The molecular weight excluding hydrogens is 399 g/mol. The summed E-state index contributed by atoms with van der Waals surface area (Å²) in [6, 6.07) is 10.8. The van der Waals surface area contributed by atoms with Gasteiger partial charge in [0.1, 0.15) is 0 Å². The van der Waals surface area contributed by atoms with Gasteiger partial charge in [0.05, 0.1) is 21.9 Å². The van der Waals surface area contributed by atoms with Crippen LogP contribution in [0.25, 0.3) is 0 Å². The van der Waals surface area contributed by atoms with E-state index in [1.54, 1.807) is 12.1 Å². The molecule has 0 aromatic heterocycles. The summed E-state index contributed by atoms with van der Waals surface area (Å²) in [5.41, 5.74) is -0.0433. The minimum absolute atomic E-state index is 0.196. The van der Waals surface area contributed by atoms with E-state index in [1.165, 1.54) is 17.8 Å². The maximum Gasteiger partial charge on any atom is 0.416 e. The van der Waals surface area contributed by atoms with Crippen LogP contribution in [0.15, 0.2) is 52.3 Å². The second-order valence-electron chi connectivity index (χ2n) is 7.71. The number of hydrogen-bond donors (Lipinski definition) is 0. The molecule has 0 N–H and O–H groups in total. The van der Waals surface area contributed by atoms with Crippen molar-refractivity contribution in [3.05, 3.63) is 53.2 Å². The molecule has 156 valence electrons. The predicted octanol–water partition coefficient (Wildman–Crippen LogP) is 4.94. The van der Waals surface area contributed by atoms with Gasteiger partial charge in [-0.3, -0.25) is 4.65 Å². The van der Waals surface area contributed by atoms with Crippen molar-refractivity contribution < 1.29 is 13.2 Å². The van der Waals surface area contributed by atoms with Gasteiger partial charge in [-0.1, -0.05) is 23.9 Å². The molecule has 1 atom stereocenters. The Morgan fingerprint density at radius 1 is 1.00 bits per heavy atom. The monoisotopic (exact) mass is 423 g/mol. The molecule has 29 heavy (non-hydrogen) atoms. The molecule has 0 spiro atoms. The number of benzene rings is 2. The molecule has 0 bridgehead atoms. The molecule has 4 nitrogen and oxygen atoms in total. The van der Waals surface area contributed by atoms with Crippen LogP contribution >= 0.6 is 11.8 Å². The van der Waals surface area contributed by atoms with Crippen molar-refractivity contribution in [2.24, 2.45) is 0 Å². The zero-order valence-corrected chi connectivity index (χ0v) is 17.1. The second kappa shape index (κ2) is 7.92. The third-order valence-corrected chi connectivity index (χ3v) is 6.82. The Hall–Kier alpha value is -1.58. The Labute approximate surface area is 173 Å². The van der Waals surface area contributed by atoms with Crippen LogP contribution in [-0.2, 0) is 6.18 Å². The maximum absolute atomic E-state index is 14.1. The third-order valence-electron chi connectivity index (χ3n) is 5.69. The van der Waals surface area contributed by atoms with Crippen LogP contribution in [0.4, 0.5) is 24.5 Å². The number of alkyl halides is 3. The van der Waals surface area contributed by atoms with E-state index in [4.69, 9.17) is 0 Å². The lowest BCUT2D eigenvalue weighted by molar-refractivity contribution is -0.137. The molecule has 8 heteroatoms. The van der Waals surface area contributed by atoms with Gasteiger partial charge in [0.25, 0.3) is 0 Å². The lowest BCUT2D eigenvalue weighted by atomic mass is 10.1. The molecule has 2 aliphatic heterocycles. The molecule has 0 aliphatic carbocycles. The largest absolute Gasteiger partial charge is 0.622 e. The van der Waals surface area contributed by atoms with Crippen molar-refractivity contribution in [2.75, 3.05) is 46.3 Å². The van der Waals surface area contributed by atoms with Crippen molar-refractivity contribution >= 4 is 23.1 Å². The molecular formula is C21H24F3N3OS. The molecule has 2 aromatic carbocycles. The smallest absolute Gasteiger partial charge is 0.416 e. The van der Waals surface area contributed by atoms with Gasteiger partial charge >= 0.3 is 6.18 Å². The van der Waals surface area contributed by atoms with E-state index in [-0.39, 0.29) is 12.2 Å². The van der Waals surface area contributed by atoms with Crippen molar-refractivity contribution in [1.82, 2.24) is 14.4 Å². The second-order valence-corrected chi connectivity index (χ2v) is 8.80. The molecule has 0 amide bonds.